The number of hydrogen-bond donors (Lipinski definition) is 1. The molecule has 1 amide bonds. The van der Waals surface area contributed by atoms with E-state index < -0.39 is 0 Å². The van der Waals surface area contributed by atoms with Crippen molar-refractivity contribution in [1.82, 2.24) is 5.32 Å². The van der Waals surface area contributed by atoms with Gasteiger partial charge in [-0.1, -0.05) is 6.07 Å². The molecular weight excluding hydrogens is 162 g/mol. The van der Waals surface area contributed by atoms with Gasteiger partial charge in [-0.3, -0.25) is 4.79 Å². The summed E-state index contributed by atoms with van der Waals surface area (Å²) >= 11 is 1.35. The number of amides is 1. The summed E-state index contributed by atoms with van der Waals surface area (Å²) < 4.78 is 0. The van der Waals surface area contributed by atoms with Crippen molar-refractivity contribution in [3.05, 3.63) is 22.4 Å². The molecule has 1 aromatic heterocycles. The van der Waals surface area contributed by atoms with E-state index in [4.69, 9.17) is 0 Å². The van der Waals surface area contributed by atoms with Crippen LogP contribution in [0, 0.1) is 0 Å². The second-order valence-corrected chi connectivity index (χ2v) is 2.80. The number of carbonyl (C=O) groups excluding carboxylic acids is 2. The van der Waals surface area contributed by atoms with Gasteiger partial charge in [0.2, 0.25) is 0 Å². The van der Waals surface area contributed by atoms with Gasteiger partial charge in [-0.05, 0) is 11.4 Å². The van der Waals surface area contributed by atoms with E-state index in [1.807, 2.05) is 5.38 Å². The molecule has 0 unspecified atom stereocenters. The number of carbonyl (C=O) groups is 2. The van der Waals surface area contributed by atoms with Gasteiger partial charge in [-0.15, -0.1) is 11.3 Å². The molecule has 0 saturated heterocycles. The second-order valence-electron chi connectivity index (χ2n) is 1.85. The average Bonchev–Trinajstić information content (AvgIpc) is 2.52. The Balaban J connectivity index is 2.49. The second kappa shape index (κ2) is 3.88. The molecule has 0 saturated carbocycles. The van der Waals surface area contributed by atoms with Crippen LogP contribution >= 0.6 is 11.3 Å². The minimum atomic E-state index is -0.188. The largest absolute Gasteiger partial charge is 0.345 e. The van der Waals surface area contributed by atoms with Crippen LogP contribution in [0.5, 0.6) is 0 Å². The topological polar surface area (TPSA) is 46.2 Å². The number of rotatable bonds is 3. The Kier molecular flexibility index (Phi) is 2.80. The highest BCUT2D eigenvalue weighted by molar-refractivity contribution is 7.12. The number of hydrogen-bond acceptors (Lipinski definition) is 3. The van der Waals surface area contributed by atoms with Gasteiger partial charge in [0.05, 0.1) is 11.4 Å². The smallest absolute Gasteiger partial charge is 0.261 e. The molecule has 0 spiro atoms. The maximum atomic E-state index is 11.0. The lowest BCUT2D eigenvalue weighted by molar-refractivity contribution is -0.107. The van der Waals surface area contributed by atoms with E-state index in [1.54, 1.807) is 12.1 Å². The summed E-state index contributed by atoms with van der Waals surface area (Å²) in [5.74, 6) is -0.188. The van der Waals surface area contributed by atoms with Crippen molar-refractivity contribution in [2.24, 2.45) is 0 Å². The van der Waals surface area contributed by atoms with Crippen LogP contribution in [0.1, 0.15) is 9.67 Å². The highest BCUT2D eigenvalue weighted by Gasteiger charge is 2.03. The molecule has 1 aromatic rings. The van der Waals surface area contributed by atoms with Gasteiger partial charge in [0.15, 0.2) is 0 Å². The summed E-state index contributed by atoms with van der Waals surface area (Å²) in [4.78, 5) is 21.5. The quantitative estimate of drug-likeness (QED) is 0.676. The minimum Gasteiger partial charge on any atom is -0.345 e. The summed E-state index contributed by atoms with van der Waals surface area (Å²) in [6, 6.07) is 3.51. The van der Waals surface area contributed by atoms with Crippen molar-refractivity contribution in [3.63, 3.8) is 0 Å². The molecule has 0 aliphatic heterocycles. The lowest BCUT2D eigenvalue weighted by Crippen LogP contribution is -2.24. The average molecular weight is 169 g/mol. The van der Waals surface area contributed by atoms with E-state index in [0.29, 0.717) is 11.2 Å². The summed E-state index contributed by atoms with van der Waals surface area (Å²) in [5.41, 5.74) is 0. The molecule has 0 bridgehead atoms. The monoisotopic (exact) mass is 169 g/mol. The first-order valence-corrected chi connectivity index (χ1v) is 3.98. The number of thiophene rings is 1. The highest BCUT2D eigenvalue weighted by Crippen LogP contribution is 2.06. The Morgan fingerprint density at radius 3 is 3.09 bits per heavy atom. The maximum absolute atomic E-state index is 11.0. The third-order valence-corrected chi connectivity index (χ3v) is 1.96. The fourth-order valence-corrected chi connectivity index (χ4v) is 1.27. The van der Waals surface area contributed by atoms with E-state index in [0.717, 1.165) is 0 Å². The fraction of sp³-hybridized carbons (Fsp3) is 0.143. The predicted molar refractivity (Wildman–Crippen MR) is 42.7 cm³/mol. The van der Waals surface area contributed by atoms with Gasteiger partial charge >= 0.3 is 0 Å². The zero-order valence-electron chi connectivity index (χ0n) is 5.74. The fourth-order valence-electron chi connectivity index (χ4n) is 0.629. The van der Waals surface area contributed by atoms with Crippen LogP contribution in [-0.4, -0.2) is 18.7 Å². The van der Waals surface area contributed by atoms with Crippen molar-refractivity contribution >= 4 is 23.5 Å². The lowest BCUT2D eigenvalue weighted by atomic mass is 10.4. The van der Waals surface area contributed by atoms with Gasteiger partial charge in [0, 0.05) is 0 Å². The van der Waals surface area contributed by atoms with E-state index in [2.05, 4.69) is 5.32 Å². The molecule has 4 heteroatoms. The van der Waals surface area contributed by atoms with Crippen LogP contribution in [0.3, 0.4) is 0 Å². The van der Waals surface area contributed by atoms with Crippen LogP contribution in [-0.2, 0) is 4.79 Å². The Hall–Kier alpha value is -1.16. The van der Waals surface area contributed by atoms with Crippen molar-refractivity contribution in [2.75, 3.05) is 6.54 Å². The maximum Gasteiger partial charge on any atom is 0.261 e. The first-order chi connectivity index (χ1) is 5.34. The third-order valence-electron chi connectivity index (χ3n) is 1.09. The summed E-state index contributed by atoms with van der Waals surface area (Å²) in [5, 5.41) is 4.25. The Labute approximate surface area is 68.0 Å². The van der Waals surface area contributed by atoms with Crippen LogP contribution in [0.15, 0.2) is 17.5 Å². The Bertz CT molecular complexity index is 243. The molecule has 0 fully saturated rings. The summed E-state index contributed by atoms with van der Waals surface area (Å²) in [6.45, 7) is 0.0801. The Morgan fingerprint density at radius 2 is 2.55 bits per heavy atom. The predicted octanol–water partition coefficient (Wildman–Crippen LogP) is 0.677. The molecule has 0 atom stereocenters. The molecular formula is C7H7NO2S. The van der Waals surface area contributed by atoms with E-state index in [1.165, 1.54) is 11.3 Å². The normalized spacial score (nSPS) is 9.09. The van der Waals surface area contributed by atoms with E-state index >= 15 is 0 Å². The molecule has 1 heterocycles. The summed E-state index contributed by atoms with van der Waals surface area (Å²) in [6.07, 6.45) is 0.658. The molecule has 0 aliphatic rings. The molecule has 1 rings (SSSR count). The molecule has 58 valence electrons. The molecule has 3 nitrogen and oxygen atoms in total. The first kappa shape index (κ1) is 7.94. The van der Waals surface area contributed by atoms with E-state index in [9.17, 15) is 9.59 Å². The standard InChI is InChI=1S/C7H7NO2S/c9-4-3-8-7(10)6-2-1-5-11-6/h1-2,4-5H,3H2,(H,8,10). The Morgan fingerprint density at radius 1 is 1.73 bits per heavy atom. The molecule has 0 aromatic carbocycles. The zero-order chi connectivity index (χ0) is 8.10. The van der Waals surface area contributed by atoms with Gasteiger partial charge in [0.25, 0.3) is 5.91 Å². The van der Waals surface area contributed by atoms with Crippen LogP contribution < -0.4 is 5.32 Å². The van der Waals surface area contributed by atoms with Gasteiger partial charge < -0.3 is 10.1 Å². The lowest BCUT2D eigenvalue weighted by Gasteiger charge is -1.95. The molecule has 0 radical (unpaired) electrons. The van der Waals surface area contributed by atoms with Crippen molar-refractivity contribution in [2.45, 2.75) is 0 Å². The van der Waals surface area contributed by atoms with Gasteiger partial charge in [-0.25, -0.2) is 0 Å². The SMILES string of the molecule is O=CCNC(=O)c1cccs1. The van der Waals surface area contributed by atoms with Gasteiger partial charge in [-0.2, -0.15) is 0 Å². The van der Waals surface area contributed by atoms with Crippen LogP contribution in [0.4, 0.5) is 0 Å². The van der Waals surface area contributed by atoms with Crippen molar-refractivity contribution in [3.8, 4) is 0 Å². The minimum absolute atomic E-state index is 0.0801. The first-order valence-electron chi connectivity index (χ1n) is 3.10. The number of nitrogens with one attached hydrogen (secondary N) is 1. The van der Waals surface area contributed by atoms with Crippen molar-refractivity contribution in [1.29, 1.82) is 0 Å². The molecule has 11 heavy (non-hydrogen) atoms. The van der Waals surface area contributed by atoms with Crippen LogP contribution in [0.25, 0.3) is 0 Å². The highest BCUT2D eigenvalue weighted by atomic mass is 32.1. The van der Waals surface area contributed by atoms with Crippen molar-refractivity contribution < 1.29 is 9.59 Å². The summed E-state index contributed by atoms with van der Waals surface area (Å²) in [7, 11) is 0. The number of aldehydes is 1. The van der Waals surface area contributed by atoms with Crippen LogP contribution in [0.2, 0.25) is 0 Å². The molecule has 0 aliphatic carbocycles. The zero-order valence-corrected chi connectivity index (χ0v) is 6.56. The van der Waals surface area contributed by atoms with E-state index in [-0.39, 0.29) is 12.5 Å². The van der Waals surface area contributed by atoms with Gasteiger partial charge in [0.1, 0.15) is 6.29 Å². The molecule has 1 N–H and O–H groups in total. The third kappa shape index (κ3) is 2.16.